The Balaban J connectivity index is 0.000000470. The van der Waals surface area contributed by atoms with E-state index in [1.54, 1.807) is 10.9 Å². The van der Waals surface area contributed by atoms with E-state index in [-0.39, 0.29) is 17.7 Å². The van der Waals surface area contributed by atoms with Crippen LogP contribution in [-0.4, -0.2) is 99.8 Å². The summed E-state index contributed by atoms with van der Waals surface area (Å²) in [4.78, 5) is 27.0. The number of rotatable bonds is 4. The smallest absolute Gasteiger partial charge is 0.480 e. The number of hydrogen-bond acceptors (Lipinski definition) is 9. The van der Waals surface area contributed by atoms with Crippen LogP contribution in [0.15, 0.2) is 24.5 Å². The normalized spacial score (nSPS) is 23.3. The number of hydrogen-bond donors (Lipinski definition) is 3. The minimum atomic E-state index is -5.08. The van der Waals surface area contributed by atoms with E-state index in [1.807, 2.05) is 25.4 Å². The number of carboxylic acid groups (broad SMARTS) is 2. The molecule has 2 aromatic heterocycles. The molecule has 0 unspecified atom stereocenters. The Labute approximate surface area is 227 Å². The van der Waals surface area contributed by atoms with Gasteiger partial charge in [-0.3, -0.25) is 9.48 Å². The van der Waals surface area contributed by atoms with Crippen molar-refractivity contribution in [3.63, 3.8) is 0 Å². The van der Waals surface area contributed by atoms with Crippen molar-refractivity contribution in [2.24, 2.45) is 7.05 Å². The lowest BCUT2D eigenvalue weighted by molar-refractivity contribution is -0.228. The third kappa shape index (κ3) is 6.64. The molecule has 0 aliphatic carbocycles. The number of ether oxygens (including phenoxy) is 3. The molecular formula is C25H28F3N5O7. The second kappa shape index (κ2) is 11.7. The molecule has 3 aliphatic rings. The predicted molar refractivity (Wildman–Crippen MR) is 132 cm³/mol. The first-order valence-electron chi connectivity index (χ1n) is 12.3. The molecule has 0 bridgehead atoms. The zero-order valence-electron chi connectivity index (χ0n) is 21.6. The Kier molecular flexibility index (Phi) is 8.52. The van der Waals surface area contributed by atoms with Crippen molar-refractivity contribution in [2.45, 2.75) is 43.3 Å². The number of aromatic nitrogens is 3. The van der Waals surface area contributed by atoms with Gasteiger partial charge in [-0.05, 0) is 25.0 Å². The number of carbonyl (C=O) groups is 2. The summed E-state index contributed by atoms with van der Waals surface area (Å²) in [5.41, 5.74) is 1.91. The van der Waals surface area contributed by atoms with Crippen molar-refractivity contribution in [3.05, 3.63) is 35.8 Å². The molecule has 3 atom stereocenters. The van der Waals surface area contributed by atoms with Crippen LogP contribution in [-0.2, 0) is 26.1 Å². The SMILES string of the molecule is C[C@H]1N(c2cc(C#Cc3ccn(C)n3)cnc2O[C@@H]2CN[C@H](C(=O)O)C2)CCOC12COC2.O=C(O)C(F)(F)F. The Morgan fingerprint density at radius 3 is 2.55 bits per heavy atom. The second-order valence-electron chi connectivity index (χ2n) is 9.53. The minimum Gasteiger partial charge on any atom is -0.480 e. The molecule has 5 rings (SSSR count). The van der Waals surface area contributed by atoms with Crippen LogP contribution in [0.25, 0.3) is 0 Å². The van der Waals surface area contributed by atoms with Crippen LogP contribution in [0.1, 0.15) is 24.6 Å². The van der Waals surface area contributed by atoms with Gasteiger partial charge < -0.3 is 34.6 Å². The number of pyridine rings is 1. The molecule has 2 aromatic rings. The van der Waals surface area contributed by atoms with E-state index in [2.05, 4.69) is 39.1 Å². The fourth-order valence-electron chi connectivity index (χ4n) is 4.46. The van der Waals surface area contributed by atoms with Gasteiger partial charge in [0.05, 0.1) is 25.9 Å². The van der Waals surface area contributed by atoms with Crippen molar-refractivity contribution in [3.8, 4) is 17.7 Å². The largest absolute Gasteiger partial charge is 0.490 e. The first-order valence-corrected chi connectivity index (χ1v) is 12.3. The molecule has 0 aromatic carbocycles. The maximum Gasteiger partial charge on any atom is 0.490 e. The van der Waals surface area contributed by atoms with E-state index in [9.17, 15) is 23.1 Å². The van der Waals surface area contributed by atoms with Crippen molar-refractivity contribution in [2.75, 3.05) is 37.8 Å². The Morgan fingerprint density at radius 1 is 1.27 bits per heavy atom. The standard InChI is InChI=1S/C23H27N5O5.C2HF3O2/c1-15-23(13-31-14-23)32-8-7-28(15)20-9-16(3-4-17-5-6-27(2)26-17)11-25-21(20)33-18-10-19(22(29)30)24-12-18;3-2(4,5)1(6)7/h5-6,9,11,15,18-19,24H,7-8,10,12-14H2,1-2H3,(H,29,30);(H,6,7)/t15-,18+,19+;/m1./s1. The summed E-state index contributed by atoms with van der Waals surface area (Å²) < 4.78 is 51.2. The van der Waals surface area contributed by atoms with Gasteiger partial charge in [-0.15, -0.1) is 0 Å². The number of carboxylic acids is 2. The van der Waals surface area contributed by atoms with Crippen molar-refractivity contribution < 1.29 is 47.2 Å². The lowest BCUT2D eigenvalue weighted by atomic mass is 9.90. The highest BCUT2D eigenvalue weighted by Crippen LogP contribution is 2.38. The molecule has 15 heteroatoms. The van der Waals surface area contributed by atoms with Crippen LogP contribution in [0.4, 0.5) is 18.9 Å². The van der Waals surface area contributed by atoms with Gasteiger partial charge in [-0.1, -0.05) is 5.92 Å². The van der Waals surface area contributed by atoms with Gasteiger partial charge in [0.25, 0.3) is 0 Å². The molecule has 3 saturated heterocycles. The molecule has 3 N–H and O–H groups in total. The molecular weight excluding hydrogens is 539 g/mol. The molecule has 3 aliphatic heterocycles. The highest BCUT2D eigenvalue weighted by Gasteiger charge is 2.50. The fourth-order valence-corrected chi connectivity index (χ4v) is 4.46. The van der Waals surface area contributed by atoms with Gasteiger partial charge in [0.15, 0.2) is 0 Å². The lowest BCUT2D eigenvalue weighted by Crippen LogP contribution is -2.68. The van der Waals surface area contributed by atoms with E-state index in [0.29, 0.717) is 50.9 Å². The van der Waals surface area contributed by atoms with Gasteiger partial charge in [-0.25, -0.2) is 9.78 Å². The summed E-state index contributed by atoms with van der Waals surface area (Å²) in [6.07, 6.45) is -1.45. The molecule has 3 fully saturated rings. The molecule has 5 heterocycles. The number of halogens is 3. The summed E-state index contributed by atoms with van der Waals surface area (Å²) in [6.45, 7) is 4.94. The van der Waals surface area contributed by atoms with Crippen LogP contribution < -0.4 is 15.0 Å². The number of nitrogens with one attached hydrogen (secondary N) is 1. The Hall–Kier alpha value is -3.87. The molecule has 40 heavy (non-hydrogen) atoms. The van der Waals surface area contributed by atoms with E-state index in [0.717, 1.165) is 11.3 Å². The molecule has 12 nitrogen and oxygen atoms in total. The highest BCUT2D eigenvalue weighted by molar-refractivity contribution is 5.74. The van der Waals surface area contributed by atoms with Crippen LogP contribution in [0.2, 0.25) is 0 Å². The second-order valence-corrected chi connectivity index (χ2v) is 9.53. The summed E-state index contributed by atoms with van der Waals surface area (Å²) in [7, 11) is 1.85. The topological polar surface area (TPSA) is 148 Å². The molecule has 0 saturated carbocycles. The minimum absolute atomic E-state index is 0.0524. The van der Waals surface area contributed by atoms with Crippen LogP contribution >= 0.6 is 0 Å². The Morgan fingerprint density at radius 2 is 2.00 bits per heavy atom. The van der Waals surface area contributed by atoms with Gasteiger partial charge in [-0.2, -0.15) is 18.3 Å². The van der Waals surface area contributed by atoms with E-state index in [4.69, 9.17) is 24.1 Å². The zero-order valence-corrected chi connectivity index (χ0v) is 21.6. The maximum absolute atomic E-state index is 11.3. The molecule has 1 spiro atoms. The monoisotopic (exact) mass is 567 g/mol. The third-order valence-corrected chi connectivity index (χ3v) is 6.74. The fraction of sp³-hybridized carbons (Fsp3) is 0.520. The van der Waals surface area contributed by atoms with E-state index >= 15 is 0 Å². The first-order chi connectivity index (χ1) is 18.9. The summed E-state index contributed by atoms with van der Waals surface area (Å²) in [5, 5.41) is 23.7. The van der Waals surface area contributed by atoms with Crippen LogP contribution in [0.5, 0.6) is 5.88 Å². The molecule has 0 amide bonds. The molecule has 0 radical (unpaired) electrons. The average molecular weight is 568 g/mol. The lowest BCUT2D eigenvalue weighted by Gasteiger charge is -2.53. The van der Waals surface area contributed by atoms with E-state index < -0.39 is 24.2 Å². The van der Waals surface area contributed by atoms with Crippen LogP contribution in [0.3, 0.4) is 0 Å². The number of anilines is 1. The number of morpholine rings is 1. The maximum atomic E-state index is 11.3. The quantitative estimate of drug-likeness (QED) is 0.455. The van der Waals surface area contributed by atoms with Gasteiger partial charge in [0.1, 0.15) is 29.1 Å². The highest BCUT2D eigenvalue weighted by atomic mass is 19.4. The van der Waals surface area contributed by atoms with Crippen molar-refractivity contribution in [1.82, 2.24) is 20.1 Å². The average Bonchev–Trinajstić information content (AvgIpc) is 3.51. The zero-order chi connectivity index (χ0) is 29.1. The third-order valence-electron chi connectivity index (χ3n) is 6.74. The van der Waals surface area contributed by atoms with Gasteiger partial charge >= 0.3 is 18.1 Å². The van der Waals surface area contributed by atoms with Crippen LogP contribution in [0, 0.1) is 11.8 Å². The predicted octanol–water partition coefficient (Wildman–Crippen LogP) is 1.04. The van der Waals surface area contributed by atoms with Gasteiger partial charge in [0.2, 0.25) is 5.88 Å². The number of alkyl halides is 3. The van der Waals surface area contributed by atoms with Crippen molar-refractivity contribution >= 4 is 17.6 Å². The summed E-state index contributed by atoms with van der Waals surface area (Å²) in [5.74, 6) is 3.06. The Bertz CT molecular complexity index is 1300. The van der Waals surface area contributed by atoms with Gasteiger partial charge in [0, 0.05) is 44.5 Å². The number of aliphatic carboxylic acids is 2. The first kappa shape index (κ1) is 29.1. The number of nitrogens with zero attached hydrogens (tertiary/aromatic N) is 4. The van der Waals surface area contributed by atoms with E-state index in [1.165, 1.54) is 0 Å². The summed E-state index contributed by atoms with van der Waals surface area (Å²) in [6, 6.07) is 3.27. The molecule has 216 valence electrons. The summed E-state index contributed by atoms with van der Waals surface area (Å²) >= 11 is 0. The van der Waals surface area contributed by atoms with Crippen molar-refractivity contribution in [1.29, 1.82) is 0 Å². The number of aryl methyl sites for hydroxylation is 1.